The van der Waals surface area contributed by atoms with Gasteiger partial charge in [0.15, 0.2) is 5.82 Å². The Labute approximate surface area is 218 Å². The zero-order chi connectivity index (χ0) is 27.3. The van der Waals surface area contributed by atoms with Crippen LogP contribution in [0.25, 0.3) is 11.0 Å². The van der Waals surface area contributed by atoms with Crippen molar-refractivity contribution < 1.29 is 22.0 Å². The van der Waals surface area contributed by atoms with Crippen LogP contribution >= 0.6 is 0 Å². The highest BCUT2D eigenvalue weighted by Gasteiger charge is 2.26. The summed E-state index contributed by atoms with van der Waals surface area (Å²) in [4.78, 5) is 24.8. The highest BCUT2D eigenvalue weighted by molar-refractivity contribution is 7.92. The van der Waals surface area contributed by atoms with Crippen LogP contribution in [-0.4, -0.2) is 42.4 Å². The fraction of sp³-hybridized carbons (Fsp3) is 0.185. The van der Waals surface area contributed by atoms with E-state index in [9.17, 15) is 17.6 Å². The topological polar surface area (TPSA) is 128 Å². The SMILES string of the molecule is CCCS(=O)(=O)Nc1ccc(F)c(C(=O)c2c[nH]c3ncc(C(C=N)C=NCc4ccccc4)cc23)c1F. The first-order valence-corrected chi connectivity index (χ1v) is 13.4. The van der Waals surface area contributed by atoms with Gasteiger partial charge in [0, 0.05) is 35.8 Å². The van der Waals surface area contributed by atoms with Crippen molar-refractivity contribution in [3.8, 4) is 0 Å². The van der Waals surface area contributed by atoms with Crippen molar-refractivity contribution in [3.05, 3.63) is 94.8 Å². The average molecular weight is 538 g/mol. The summed E-state index contributed by atoms with van der Waals surface area (Å²) in [5.74, 6) is -4.22. The molecule has 1 atom stereocenters. The van der Waals surface area contributed by atoms with E-state index >= 15 is 4.39 Å². The predicted octanol–water partition coefficient (Wildman–Crippen LogP) is 5.23. The number of rotatable bonds is 11. The molecular weight excluding hydrogens is 512 g/mol. The van der Waals surface area contributed by atoms with E-state index in [4.69, 9.17) is 5.41 Å². The molecule has 11 heteroatoms. The van der Waals surface area contributed by atoms with Crippen LogP contribution in [0, 0.1) is 17.0 Å². The second-order valence-corrected chi connectivity index (χ2v) is 10.4. The van der Waals surface area contributed by atoms with Crippen molar-refractivity contribution in [3.63, 3.8) is 0 Å². The Morgan fingerprint density at radius 2 is 1.97 bits per heavy atom. The molecule has 0 spiro atoms. The Hall–Kier alpha value is -4.25. The molecule has 0 amide bonds. The van der Waals surface area contributed by atoms with Gasteiger partial charge in [-0.1, -0.05) is 37.3 Å². The molecule has 0 saturated carbocycles. The molecule has 38 heavy (non-hydrogen) atoms. The molecule has 1 unspecified atom stereocenters. The van der Waals surface area contributed by atoms with Gasteiger partial charge in [0.2, 0.25) is 15.8 Å². The van der Waals surface area contributed by atoms with Crippen LogP contribution in [0.1, 0.15) is 46.3 Å². The molecule has 0 aliphatic carbocycles. The van der Waals surface area contributed by atoms with Crippen LogP contribution in [-0.2, 0) is 16.6 Å². The van der Waals surface area contributed by atoms with Crippen molar-refractivity contribution in [2.45, 2.75) is 25.8 Å². The highest BCUT2D eigenvalue weighted by Crippen LogP contribution is 2.28. The van der Waals surface area contributed by atoms with Crippen molar-refractivity contribution >= 4 is 45.0 Å². The van der Waals surface area contributed by atoms with E-state index in [1.54, 1.807) is 19.2 Å². The number of nitrogens with zero attached hydrogens (tertiary/aromatic N) is 2. The standard InChI is InChI=1S/C27H25F2N5O3S/c1-2-10-38(36,37)34-23-9-8-22(28)24(25(23)29)26(35)21-16-33-27-20(21)11-18(15-32-27)19(12-30)14-31-13-17-6-4-3-5-7-17/h3-9,11-12,14-16,19,30,34H,2,10,13H2,1H3,(H,32,33). The summed E-state index contributed by atoms with van der Waals surface area (Å²) in [6.45, 7) is 2.07. The maximum absolute atomic E-state index is 15.2. The molecule has 0 fully saturated rings. The zero-order valence-corrected chi connectivity index (χ0v) is 21.2. The van der Waals surface area contributed by atoms with Gasteiger partial charge in [-0.3, -0.25) is 14.5 Å². The van der Waals surface area contributed by atoms with E-state index in [0.717, 1.165) is 17.7 Å². The fourth-order valence-corrected chi connectivity index (χ4v) is 5.06. The number of hydrogen-bond donors (Lipinski definition) is 3. The van der Waals surface area contributed by atoms with Gasteiger partial charge < -0.3 is 10.4 Å². The fourth-order valence-electron chi connectivity index (χ4n) is 3.93. The number of aliphatic imine (C=N–C) groups is 1. The van der Waals surface area contributed by atoms with Gasteiger partial charge in [-0.15, -0.1) is 0 Å². The van der Waals surface area contributed by atoms with Gasteiger partial charge >= 0.3 is 0 Å². The number of H-pyrrole nitrogens is 1. The first kappa shape index (κ1) is 26.8. The maximum atomic E-state index is 15.2. The van der Waals surface area contributed by atoms with Crippen LogP contribution < -0.4 is 4.72 Å². The van der Waals surface area contributed by atoms with Crippen molar-refractivity contribution in [2.75, 3.05) is 10.5 Å². The summed E-state index contributed by atoms with van der Waals surface area (Å²) in [5.41, 5.74) is 0.414. The number of carbonyl (C=O) groups is 1. The van der Waals surface area contributed by atoms with E-state index in [0.29, 0.717) is 29.6 Å². The molecule has 0 bridgehead atoms. The second kappa shape index (κ2) is 11.4. The van der Waals surface area contributed by atoms with Crippen molar-refractivity contribution in [1.82, 2.24) is 9.97 Å². The number of pyridine rings is 1. The van der Waals surface area contributed by atoms with Gasteiger partial charge in [-0.2, -0.15) is 0 Å². The number of halogens is 2. The van der Waals surface area contributed by atoms with Gasteiger partial charge in [0.05, 0.1) is 29.5 Å². The minimum absolute atomic E-state index is 0.0503. The van der Waals surface area contributed by atoms with Gasteiger partial charge in [-0.05, 0) is 35.7 Å². The lowest BCUT2D eigenvalue weighted by Crippen LogP contribution is -2.18. The summed E-state index contributed by atoms with van der Waals surface area (Å²) in [6, 6.07) is 13.0. The molecule has 196 valence electrons. The van der Waals surface area contributed by atoms with Crippen molar-refractivity contribution in [2.24, 2.45) is 4.99 Å². The normalized spacial score (nSPS) is 12.6. The van der Waals surface area contributed by atoms with E-state index < -0.39 is 44.6 Å². The molecule has 0 aliphatic rings. The number of ketones is 1. The lowest BCUT2D eigenvalue weighted by molar-refractivity contribution is 0.103. The number of anilines is 1. The Morgan fingerprint density at radius 3 is 2.68 bits per heavy atom. The molecule has 3 N–H and O–H groups in total. The number of hydrogen-bond acceptors (Lipinski definition) is 6. The van der Waals surface area contributed by atoms with E-state index in [2.05, 4.69) is 19.7 Å². The smallest absolute Gasteiger partial charge is 0.232 e. The maximum Gasteiger partial charge on any atom is 0.232 e. The van der Waals surface area contributed by atoms with Gasteiger partial charge in [-0.25, -0.2) is 22.2 Å². The molecular formula is C27H25F2N5O3S. The number of aromatic amines is 1. The number of nitrogens with one attached hydrogen (secondary N) is 3. The lowest BCUT2D eigenvalue weighted by atomic mass is 9.98. The molecule has 4 rings (SSSR count). The third-order valence-electron chi connectivity index (χ3n) is 5.80. The third kappa shape index (κ3) is 5.83. The molecule has 0 saturated heterocycles. The van der Waals surface area contributed by atoms with E-state index in [-0.39, 0.29) is 11.3 Å². The number of carbonyl (C=O) groups excluding carboxylic acids is 1. The Balaban J connectivity index is 1.67. The average Bonchev–Trinajstić information content (AvgIpc) is 3.32. The van der Waals surface area contributed by atoms with Gasteiger partial charge in [0.25, 0.3) is 0 Å². The Bertz CT molecular complexity index is 1620. The molecule has 2 aromatic carbocycles. The van der Waals surface area contributed by atoms with Crippen molar-refractivity contribution in [1.29, 1.82) is 5.41 Å². The van der Waals surface area contributed by atoms with E-state index in [1.165, 1.54) is 18.6 Å². The molecule has 2 heterocycles. The van der Waals surface area contributed by atoms with Crippen LogP contribution in [0.5, 0.6) is 0 Å². The first-order chi connectivity index (χ1) is 18.2. The van der Waals surface area contributed by atoms with Crippen LogP contribution in [0.4, 0.5) is 14.5 Å². The number of benzene rings is 2. The van der Waals surface area contributed by atoms with Crippen LogP contribution in [0.3, 0.4) is 0 Å². The zero-order valence-electron chi connectivity index (χ0n) is 20.4. The van der Waals surface area contributed by atoms with Crippen LogP contribution in [0.2, 0.25) is 0 Å². The Morgan fingerprint density at radius 1 is 1.21 bits per heavy atom. The summed E-state index contributed by atoms with van der Waals surface area (Å²) in [6.07, 6.45) is 5.89. The van der Waals surface area contributed by atoms with Gasteiger partial charge in [0.1, 0.15) is 11.5 Å². The summed E-state index contributed by atoms with van der Waals surface area (Å²) in [5, 5.41) is 8.13. The number of sulfonamides is 1. The largest absolute Gasteiger partial charge is 0.345 e. The minimum Gasteiger partial charge on any atom is -0.345 e. The summed E-state index contributed by atoms with van der Waals surface area (Å²) >= 11 is 0. The molecule has 0 radical (unpaired) electrons. The van der Waals surface area contributed by atoms with E-state index in [1.807, 2.05) is 30.3 Å². The number of fused-ring (bicyclic) bond motifs is 1. The molecule has 2 aromatic heterocycles. The second-order valence-electron chi connectivity index (χ2n) is 8.57. The number of aromatic nitrogens is 2. The summed E-state index contributed by atoms with van der Waals surface area (Å²) < 4.78 is 56.2. The van der Waals surface area contributed by atoms with Crippen LogP contribution in [0.15, 0.2) is 65.9 Å². The lowest BCUT2D eigenvalue weighted by Gasteiger charge is -2.11. The molecule has 8 nitrogen and oxygen atoms in total. The third-order valence-corrected chi connectivity index (χ3v) is 7.28. The molecule has 0 aliphatic heterocycles. The monoisotopic (exact) mass is 537 g/mol. The minimum atomic E-state index is -3.87. The summed E-state index contributed by atoms with van der Waals surface area (Å²) in [7, 11) is -3.87. The quantitative estimate of drug-likeness (QED) is 0.179. The first-order valence-electron chi connectivity index (χ1n) is 11.8. The highest BCUT2D eigenvalue weighted by atomic mass is 32.2. The Kier molecular flexibility index (Phi) is 8.06. The molecule has 4 aromatic rings. The predicted molar refractivity (Wildman–Crippen MR) is 144 cm³/mol.